The van der Waals surface area contributed by atoms with Crippen LogP contribution in [0.2, 0.25) is 0 Å². The van der Waals surface area contributed by atoms with Crippen LogP contribution in [0.15, 0.2) is 24.3 Å². The number of hydrogen-bond donors (Lipinski definition) is 5. The van der Waals surface area contributed by atoms with E-state index < -0.39 is 48.7 Å². The fourth-order valence-corrected chi connectivity index (χ4v) is 2.72. The van der Waals surface area contributed by atoms with Crippen molar-refractivity contribution >= 4 is 18.0 Å². The molecule has 1 saturated carbocycles. The third-order valence-electron chi connectivity index (χ3n) is 4.11. The van der Waals surface area contributed by atoms with Crippen LogP contribution in [0.4, 0.5) is 0 Å². The van der Waals surface area contributed by atoms with Gasteiger partial charge in [-0.2, -0.15) is 0 Å². The van der Waals surface area contributed by atoms with Gasteiger partial charge in [0.2, 0.25) is 0 Å². The molecular weight excluding hydrogens is 360 g/mol. The number of hydrogen-bond acceptors (Lipinski definition) is 9. The molecule has 5 N–H and O–H groups in total. The summed E-state index contributed by atoms with van der Waals surface area (Å²) >= 11 is 0. The van der Waals surface area contributed by atoms with Crippen LogP contribution in [0, 0.1) is 0 Å². The van der Waals surface area contributed by atoms with E-state index >= 15 is 0 Å². The Bertz CT molecular complexity index is 715. The van der Waals surface area contributed by atoms with Crippen LogP contribution < -0.4 is 0 Å². The molecule has 4 atom stereocenters. The molecule has 1 aliphatic carbocycles. The first-order valence-corrected chi connectivity index (χ1v) is 7.74. The second-order valence-electron chi connectivity index (χ2n) is 6.05. The van der Waals surface area contributed by atoms with Crippen LogP contribution in [0.1, 0.15) is 25.8 Å². The van der Waals surface area contributed by atoms with Crippen molar-refractivity contribution in [3.8, 4) is 11.5 Å². The number of rotatable bonds is 4. The minimum Gasteiger partial charge on any atom is -0.504 e. The molecule has 2 rings (SSSR count). The number of aliphatic hydroxyl groups is 3. The molecule has 9 nitrogen and oxygen atoms in total. The third kappa shape index (κ3) is 5.19. The van der Waals surface area contributed by atoms with Crippen molar-refractivity contribution in [1.29, 1.82) is 0 Å². The Labute approximate surface area is 156 Å². The Hall–Kier alpha value is -2.62. The summed E-state index contributed by atoms with van der Waals surface area (Å²) in [6, 6.07) is 3.89. The molecule has 0 heterocycles. The van der Waals surface area contributed by atoms with Gasteiger partial charge >= 0.3 is 11.9 Å². The van der Waals surface area contributed by atoms with Crippen molar-refractivity contribution in [1.82, 2.24) is 0 Å². The van der Waals surface area contributed by atoms with Crippen molar-refractivity contribution in [2.75, 3.05) is 7.11 Å². The highest BCUT2D eigenvalue weighted by Gasteiger charge is 2.50. The molecular formula is C18H24O9. The van der Waals surface area contributed by atoms with Gasteiger partial charge in [-0.1, -0.05) is 13.5 Å². The smallest absolute Gasteiger partial charge is 0.338 e. The van der Waals surface area contributed by atoms with Crippen molar-refractivity contribution < 1.29 is 44.6 Å². The van der Waals surface area contributed by atoms with E-state index in [4.69, 9.17) is 4.74 Å². The molecule has 4 unspecified atom stereocenters. The van der Waals surface area contributed by atoms with E-state index in [0.29, 0.717) is 5.56 Å². The van der Waals surface area contributed by atoms with Gasteiger partial charge in [-0.25, -0.2) is 9.59 Å². The van der Waals surface area contributed by atoms with Gasteiger partial charge in [0.25, 0.3) is 0 Å². The summed E-state index contributed by atoms with van der Waals surface area (Å²) in [7, 11) is 1.06. The highest BCUT2D eigenvalue weighted by Crippen LogP contribution is 2.32. The lowest BCUT2D eigenvalue weighted by molar-refractivity contribution is -0.198. The maximum Gasteiger partial charge on any atom is 0.338 e. The first kappa shape index (κ1) is 22.4. The van der Waals surface area contributed by atoms with Crippen LogP contribution >= 0.6 is 0 Å². The molecule has 0 amide bonds. The van der Waals surface area contributed by atoms with Gasteiger partial charge in [0, 0.05) is 18.9 Å². The number of aliphatic hydroxyl groups excluding tert-OH is 2. The standard InChI is InChI=1S/C17H20O9.CH4/c1-25-16(23)17(24)7-12(20)15(22)13(8-17)26-14(21)5-3-9-2-4-10(18)11(19)6-9;/h2-6,12-13,15,18-20,22,24H,7-8H2,1H3;1H4. The predicted octanol–water partition coefficient (Wildman–Crippen LogP) is 0.0786. The average molecular weight is 384 g/mol. The Balaban J connectivity index is 0.00000364. The molecule has 0 bridgehead atoms. The van der Waals surface area contributed by atoms with Gasteiger partial charge in [0.1, 0.15) is 12.2 Å². The van der Waals surface area contributed by atoms with Gasteiger partial charge in [0.05, 0.1) is 13.2 Å². The maximum absolute atomic E-state index is 11.9. The van der Waals surface area contributed by atoms with Crippen LogP contribution in [-0.2, 0) is 19.1 Å². The van der Waals surface area contributed by atoms with Gasteiger partial charge < -0.3 is 35.0 Å². The number of phenolic OH excluding ortho intramolecular Hbond substituents is 2. The third-order valence-corrected chi connectivity index (χ3v) is 4.11. The normalized spacial score (nSPS) is 27.6. The summed E-state index contributed by atoms with van der Waals surface area (Å²) < 4.78 is 9.50. The highest BCUT2D eigenvalue weighted by atomic mass is 16.6. The second-order valence-corrected chi connectivity index (χ2v) is 6.05. The molecule has 0 radical (unpaired) electrons. The number of methoxy groups -OCH3 is 1. The number of carbonyl (C=O) groups is 2. The molecule has 1 aromatic carbocycles. The molecule has 0 aromatic heterocycles. The van der Waals surface area contributed by atoms with Crippen molar-refractivity contribution in [3.05, 3.63) is 29.8 Å². The average Bonchev–Trinajstić information content (AvgIpc) is 2.59. The summed E-state index contributed by atoms with van der Waals surface area (Å²) in [5.41, 5.74) is -1.68. The first-order valence-electron chi connectivity index (χ1n) is 7.74. The molecule has 1 aromatic rings. The lowest BCUT2D eigenvalue weighted by atomic mass is 9.79. The number of benzene rings is 1. The molecule has 0 aliphatic heterocycles. The van der Waals surface area contributed by atoms with Crippen LogP contribution in [-0.4, -0.2) is 68.5 Å². The lowest BCUT2D eigenvalue weighted by Gasteiger charge is -2.39. The van der Waals surface area contributed by atoms with Gasteiger partial charge in [-0.05, 0) is 23.8 Å². The van der Waals surface area contributed by atoms with E-state index in [1.54, 1.807) is 0 Å². The van der Waals surface area contributed by atoms with E-state index in [0.717, 1.165) is 13.2 Å². The molecule has 0 spiro atoms. The Morgan fingerprint density at radius 2 is 1.85 bits per heavy atom. The van der Waals surface area contributed by atoms with Gasteiger partial charge in [-0.15, -0.1) is 0 Å². The summed E-state index contributed by atoms with van der Waals surface area (Å²) in [6.45, 7) is 0. The zero-order valence-electron chi connectivity index (χ0n) is 13.9. The van der Waals surface area contributed by atoms with Gasteiger partial charge in [0.15, 0.2) is 17.1 Å². The van der Waals surface area contributed by atoms with Crippen LogP contribution in [0.3, 0.4) is 0 Å². The van der Waals surface area contributed by atoms with E-state index in [1.165, 1.54) is 24.3 Å². The number of phenols is 2. The fourth-order valence-electron chi connectivity index (χ4n) is 2.72. The second kappa shape index (κ2) is 8.85. The fraction of sp³-hybridized carbons (Fsp3) is 0.444. The summed E-state index contributed by atoms with van der Waals surface area (Å²) in [5, 5.41) is 48.7. The molecule has 27 heavy (non-hydrogen) atoms. The molecule has 1 aliphatic rings. The zero-order chi connectivity index (χ0) is 19.5. The van der Waals surface area contributed by atoms with E-state index in [1.807, 2.05) is 0 Å². The number of esters is 2. The Kier molecular flexibility index (Phi) is 7.35. The minimum atomic E-state index is -2.08. The highest BCUT2D eigenvalue weighted by molar-refractivity contribution is 5.87. The van der Waals surface area contributed by atoms with Gasteiger partial charge in [-0.3, -0.25) is 0 Å². The lowest BCUT2D eigenvalue weighted by Crippen LogP contribution is -2.57. The maximum atomic E-state index is 11.9. The molecule has 1 fully saturated rings. The van der Waals surface area contributed by atoms with Crippen molar-refractivity contribution in [3.63, 3.8) is 0 Å². The van der Waals surface area contributed by atoms with E-state index in [2.05, 4.69) is 4.74 Å². The zero-order valence-corrected chi connectivity index (χ0v) is 13.9. The Morgan fingerprint density at radius 1 is 1.19 bits per heavy atom. The number of ether oxygens (including phenoxy) is 2. The SMILES string of the molecule is C.COC(=O)C1(O)CC(O)C(O)C(OC(=O)C=Cc2ccc(O)c(O)c2)C1. The predicted molar refractivity (Wildman–Crippen MR) is 93.6 cm³/mol. The Morgan fingerprint density at radius 3 is 2.44 bits per heavy atom. The van der Waals surface area contributed by atoms with E-state index in [9.17, 15) is 35.1 Å². The van der Waals surface area contributed by atoms with Crippen LogP contribution in [0.5, 0.6) is 11.5 Å². The van der Waals surface area contributed by atoms with Crippen molar-refractivity contribution in [2.45, 2.75) is 44.2 Å². The summed E-state index contributed by atoms with van der Waals surface area (Å²) in [6.07, 6.45) is -2.88. The first-order chi connectivity index (χ1) is 12.2. The largest absolute Gasteiger partial charge is 0.504 e. The topological polar surface area (TPSA) is 154 Å². The van der Waals surface area contributed by atoms with E-state index in [-0.39, 0.29) is 18.9 Å². The van der Waals surface area contributed by atoms with Crippen LogP contribution in [0.25, 0.3) is 6.08 Å². The minimum absolute atomic E-state index is 0. The molecule has 150 valence electrons. The number of aromatic hydroxyl groups is 2. The monoisotopic (exact) mass is 384 g/mol. The molecule has 9 heteroatoms. The van der Waals surface area contributed by atoms with Crippen molar-refractivity contribution in [2.24, 2.45) is 0 Å². The number of carbonyl (C=O) groups excluding carboxylic acids is 2. The quantitative estimate of drug-likeness (QED) is 0.276. The summed E-state index contributed by atoms with van der Waals surface area (Å²) in [4.78, 5) is 23.6. The summed E-state index contributed by atoms with van der Waals surface area (Å²) in [5.74, 6) is -2.58. The molecule has 0 saturated heterocycles.